The second kappa shape index (κ2) is 6.49. The van der Waals surface area contributed by atoms with E-state index >= 15 is 0 Å². The van der Waals surface area contributed by atoms with E-state index in [1.54, 1.807) is 0 Å². The summed E-state index contributed by atoms with van der Waals surface area (Å²) >= 11 is 3.18. The van der Waals surface area contributed by atoms with Crippen molar-refractivity contribution in [2.75, 3.05) is 10.6 Å². The van der Waals surface area contributed by atoms with Crippen molar-refractivity contribution in [3.63, 3.8) is 0 Å². The fourth-order valence-electron chi connectivity index (χ4n) is 1.30. The average Bonchev–Trinajstić information content (AvgIpc) is 2.31. The SMILES string of the molecule is CCC(Br)C(=O)Nc1cc(NC(C)=O)ccc1F. The highest BCUT2D eigenvalue weighted by molar-refractivity contribution is 9.10. The van der Waals surface area contributed by atoms with E-state index in [4.69, 9.17) is 0 Å². The lowest BCUT2D eigenvalue weighted by molar-refractivity contribution is -0.116. The lowest BCUT2D eigenvalue weighted by Crippen LogP contribution is -2.22. The Morgan fingerprint density at radius 1 is 1.39 bits per heavy atom. The maximum absolute atomic E-state index is 13.5. The Kier molecular flexibility index (Phi) is 5.27. The zero-order valence-corrected chi connectivity index (χ0v) is 11.7. The molecule has 0 bridgehead atoms. The molecule has 0 spiro atoms. The van der Waals surface area contributed by atoms with Crippen LogP contribution in [0.3, 0.4) is 0 Å². The second-order valence-electron chi connectivity index (χ2n) is 3.74. The molecule has 1 aromatic rings. The van der Waals surface area contributed by atoms with Crippen LogP contribution in [-0.2, 0) is 9.59 Å². The molecule has 1 aromatic carbocycles. The van der Waals surface area contributed by atoms with Crippen LogP contribution < -0.4 is 10.6 Å². The molecular weight excluding hydrogens is 303 g/mol. The molecule has 0 saturated carbocycles. The number of anilines is 2. The molecule has 2 N–H and O–H groups in total. The van der Waals surface area contributed by atoms with Crippen LogP contribution in [0.25, 0.3) is 0 Å². The Balaban J connectivity index is 2.87. The highest BCUT2D eigenvalue weighted by Crippen LogP contribution is 2.20. The number of rotatable bonds is 4. The third kappa shape index (κ3) is 4.10. The van der Waals surface area contributed by atoms with Crippen LogP contribution in [0.1, 0.15) is 20.3 Å². The maximum Gasteiger partial charge on any atom is 0.238 e. The summed E-state index contributed by atoms with van der Waals surface area (Å²) in [6.07, 6.45) is 0.596. The van der Waals surface area contributed by atoms with Gasteiger partial charge in [-0.15, -0.1) is 0 Å². The van der Waals surface area contributed by atoms with Crippen molar-refractivity contribution in [1.82, 2.24) is 0 Å². The van der Waals surface area contributed by atoms with E-state index in [0.717, 1.165) is 0 Å². The summed E-state index contributed by atoms with van der Waals surface area (Å²) in [5, 5.41) is 4.98. The van der Waals surface area contributed by atoms with Crippen molar-refractivity contribution in [2.45, 2.75) is 25.1 Å². The van der Waals surface area contributed by atoms with Crippen molar-refractivity contribution < 1.29 is 14.0 Å². The first-order chi connectivity index (χ1) is 8.43. The summed E-state index contributed by atoms with van der Waals surface area (Å²) in [7, 11) is 0. The zero-order chi connectivity index (χ0) is 13.7. The fraction of sp³-hybridized carbons (Fsp3) is 0.333. The van der Waals surface area contributed by atoms with Crippen molar-refractivity contribution in [3.8, 4) is 0 Å². The Labute approximate surface area is 113 Å². The minimum absolute atomic E-state index is 0.0455. The van der Waals surface area contributed by atoms with E-state index in [-0.39, 0.29) is 22.3 Å². The fourth-order valence-corrected chi connectivity index (χ4v) is 1.41. The first-order valence-electron chi connectivity index (χ1n) is 5.46. The minimum Gasteiger partial charge on any atom is -0.326 e. The number of halogens is 2. The Morgan fingerprint density at radius 3 is 2.61 bits per heavy atom. The molecule has 0 heterocycles. The van der Waals surface area contributed by atoms with E-state index in [2.05, 4.69) is 26.6 Å². The monoisotopic (exact) mass is 316 g/mol. The molecule has 4 nitrogen and oxygen atoms in total. The molecule has 0 aliphatic carbocycles. The Morgan fingerprint density at radius 2 is 2.06 bits per heavy atom. The van der Waals surface area contributed by atoms with E-state index in [1.807, 2.05) is 6.92 Å². The number of nitrogens with one attached hydrogen (secondary N) is 2. The zero-order valence-electron chi connectivity index (χ0n) is 10.1. The van der Waals surface area contributed by atoms with E-state index in [1.165, 1.54) is 25.1 Å². The number of alkyl halides is 1. The van der Waals surface area contributed by atoms with Gasteiger partial charge >= 0.3 is 0 Å². The molecular formula is C12H14BrFN2O2. The highest BCUT2D eigenvalue weighted by atomic mass is 79.9. The van der Waals surface area contributed by atoms with Gasteiger partial charge in [-0.2, -0.15) is 0 Å². The molecule has 0 saturated heterocycles. The second-order valence-corrected chi connectivity index (χ2v) is 4.85. The van der Waals surface area contributed by atoms with Gasteiger partial charge in [-0.3, -0.25) is 9.59 Å². The third-order valence-corrected chi connectivity index (χ3v) is 3.25. The Hall–Kier alpha value is -1.43. The summed E-state index contributed by atoms with van der Waals surface area (Å²) < 4.78 is 13.5. The first-order valence-corrected chi connectivity index (χ1v) is 6.37. The molecule has 1 rings (SSSR count). The Bertz CT molecular complexity index is 465. The topological polar surface area (TPSA) is 58.2 Å². The van der Waals surface area contributed by atoms with Crippen LogP contribution in [0.5, 0.6) is 0 Å². The van der Waals surface area contributed by atoms with E-state index in [0.29, 0.717) is 12.1 Å². The minimum atomic E-state index is -0.548. The number of amides is 2. The molecule has 18 heavy (non-hydrogen) atoms. The predicted molar refractivity (Wildman–Crippen MR) is 72.3 cm³/mol. The van der Waals surface area contributed by atoms with Gasteiger partial charge in [0.1, 0.15) is 5.82 Å². The van der Waals surface area contributed by atoms with Crippen molar-refractivity contribution in [1.29, 1.82) is 0 Å². The average molecular weight is 317 g/mol. The summed E-state index contributed by atoms with van der Waals surface area (Å²) in [6, 6.07) is 4.00. The number of carbonyl (C=O) groups is 2. The van der Waals surface area contributed by atoms with Gasteiger partial charge in [-0.1, -0.05) is 22.9 Å². The molecule has 0 aliphatic heterocycles. The van der Waals surface area contributed by atoms with Gasteiger partial charge in [0, 0.05) is 12.6 Å². The normalized spacial score (nSPS) is 11.8. The number of carbonyl (C=O) groups excluding carboxylic acids is 2. The maximum atomic E-state index is 13.5. The number of benzene rings is 1. The molecule has 0 aliphatic rings. The van der Waals surface area contributed by atoms with Crippen LogP contribution in [0, 0.1) is 5.82 Å². The van der Waals surface area contributed by atoms with Gasteiger partial charge in [-0.05, 0) is 24.6 Å². The van der Waals surface area contributed by atoms with Crippen LogP contribution in [0.2, 0.25) is 0 Å². The molecule has 1 atom stereocenters. The van der Waals surface area contributed by atoms with Crippen molar-refractivity contribution in [3.05, 3.63) is 24.0 Å². The summed E-state index contributed by atoms with van der Waals surface area (Å²) in [5.41, 5.74) is 0.478. The molecule has 2 amide bonds. The van der Waals surface area contributed by atoms with Crippen molar-refractivity contribution in [2.24, 2.45) is 0 Å². The number of hydrogen-bond acceptors (Lipinski definition) is 2. The van der Waals surface area contributed by atoms with Crippen molar-refractivity contribution >= 4 is 39.1 Å². The summed E-state index contributed by atoms with van der Waals surface area (Å²) in [4.78, 5) is 22.1. The number of hydrogen-bond donors (Lipinski definition) is 2. The predicted octanol–water partition coefficient (Wildman–Crippen LogP) is 2.90. The molecule has 0 fully saturated rings. The van der Waals surface area contributed by atoms with E-state index in [9.17, 15) is 14.0 Å². The lowest BCUT2D eigenvalue weighted by atomic mass is 10.2. The molecule has 0 aromatic heterocycles. The largest absolute Gasteiger partial charge is 0.326 e. The van der Waals surface area contributed by atoms with Gasteiger partial charge in [0.2, 0.25) is 11.8 Å². The van der Waals surface area contributed by atoms with Crippen LogP contribution >= 0.6 is 15.9 Å². The standard InChI is InChI=1S/C12H14BrFN2O2/c1-3-9(13)12(18)16-11-6-8(15-7(2)17)4-5-10(11)14/h4-6,9H,3H2,1-2H3,(H,15,17)(H,16,18). The lowest BCUT2D eigenvalue weighted by Gasteiger charge is -2.11. The summed E-state index contributed by atoms with van der Waals surface area (Å²) in [6.45, 7) is 3.19. The summed E-state index contributed by atoms with van der Waals surface area (Å²) in [5.74, 6) is -1.13. The first kappa shape index (κ1) is 14.6. The highest BCUT2D eigenvalue weighted by Gasteiger charge is 2.14. The van der Waals surface area contributed by atoms with Crippen LogP contribution in [0.4, 0.5) is 15.8 Å². The third-order valence-electron chi connectivity index (χ3n) is 2.19. The van der Waals surface area contributed by atoms with Gasteiger partial charge in [0.15, 0.2) is 0 Å². The van der Waals surface area contributed by atoms with E-state index < -0.39 is 5.82 Å². The molecule has 1 unspecified atom stereocenters. The molecule has 0 radical (unpaired) electrons. The van der Waals surface area contributed by atoms with Crippen LogP contribution in [-0.4, -0.2) is 16.6 Å². The van der Waals surface area contributed by atoms with Gasteiger partial charge < -0.3 is 10.6 Å². The molecule has 98 valence electrons. The molecule has 6 heteroatoms. The quantitative estimate of drug-likeness (QED) is 0.839. The van der Waals surface area contributed by atoms with Gasteiger partial charge in [0.05, 0.1) is 10.5 Å². The van der Waals surface area contributed by atoms with Gasteiger partial charge in [0.25, 0.3) is 0 Å². The van der Waals surface area contributed by atoms with Crippen LogP contribution in [0.15, 0.2) is 18.2 Å². The smallest absolute Gasteiger partial charge is 0.238 e. The van der Waals surface area contributed by atoms with Gasteiger partial charge in [-0.25, -0.2) is 4.39 Å².